The van der Waals surface area contributed by atoms with Crippen molar-refractivity contribution in [1.82, 2.24) is 10.2 Å². The molecular weight excluding hydrogens is 194 g/mol. The fourth-order valence-electron chi connectivity index (χ4n) is 1.74. The van der Waals surface area contributed by atoms with Crippen molar-refractivity contribution in [1.29, 1.82) is 0 Å². The van der Waals surface area contributed by atoms with Gasteiger partial charge >= 0.3 is 0 Å². The van der Waals surface area contributed by atoms with Crippen molar-refractivity contribution in [2.45, 2.75) is 38.8 Å². The molecule has 2 unspecified atom stereocenters. The van der Waals surface area contributed by atoms with Crippen molar-refractivity contribution >= 4 is 11.8 Å². The molecule has 1 heterocycles. The van der Waals surface area contributed by atoms with Crippen LogP contribution in [0.25, 0.3) is 0 Å². The lowest BCUT2D eigenvalue weighted by Gasteiger charge is -2.22. The van der Waals surface area contributed by atoms with Gasteiger partial charge in [-0.15, -0.1) is 0 Å². The van der Waals surface area contributed by atoms with Crippen molar-refractivity contribution in [3.63, 3.8) is 0 Å². The van der Waals surface area contributed by atoms with Crippen LogP contribution in [0.3, 0.4) is 0 Å². The zero-order valence-corrected chi connectivity index (χ0v) is 9.32. The summed E-state index contributed by atoms with van der Waals surface area (Å²) in [5.41, 5.74) is 5.11. The zero-order valence-electron chi connectivity index (χ0n) is 9.32. The minimum Gasteiger partial charge on any atom is -0.368 e. The summed E-state index contributed by atoms with van der Waals surface area (Å²) in [6.45, 7) is 5.09. The predicted molar refractivity (Wildman–Crippen MR) is 57.1 cm³/mol. The predicted octanol–water partition coefficient (Wildman–Crippen LogP) is -0.539. The normalized spacial score (nSPS) is 20.0. The number of carbonyl (C=O) groups excluding carboxylic acids is 2. The van der Waals surface area contributed by atoms with Gasteiger partial charge in [0, 0.05) is 13.1 Å². The smallest absolute Gasteiger partial charge is 0.239 e. The highest BCUT2D eigenvalue weighted by atomic mass is 16.2. The van der Waals surface area contributed by atoms with Gasteiger partial charge in [0.05, 0.1) is 12.1 Å². The molecule has 2 amide bonds. The van der Waals surface area contributed by atoms with E-state index in [1.54, 1.807) is 13.8 Å². The van der Waals surface area contributed by atoms with Gasteiger partial charge in [0.2, 0.25) is 11.8 Å². The molecule has 0 saturated carbocycles. The Morgan fingerprint density at radius 3 is 2.20 bits per heavy atom. The van der Waals surface area contributed by atoms with Crippen LogP contribution in [0.15, 0.2) is 0 Å². The van der Waals surface area contributed by atoms with Crippen molar-refractivity contribution in [2.75, 3.05) is 13.1 Å². The Labute approximate surface area is 90.0 Å². The quantitative estimate of drug-likeness (QED) is 0.658. The number of primary amides is 1. The van der Waals surface area contributed by atoms with E-state index < -0.39 is 11.9 Å². The molecular formula is C10H19N3O2. The molecule has 1 saturated heterocycles. The Bertz CT molecular complexity index is 249. The summed E-state index contributed by atoms with van der Waals surface area (Å²) in [6, 6.07) is -0.808. The standard InChI is InChI=1S/C10H19N3O2/c1-7(9(11)14)12-8(2)10(15)13-5-3-4-6-13/h7-8,12H,3-6H2,1-2H3,(H2,11,14). The van der Waals surface area contributed by atoms with Gasteiger partial charge in [-0.1, -0.05) is 0 Å². The van der Waals surface area contributed by atoms with E-state index in [9.17, 15) is 9.59 Å². The number of hydrogen-bond donors (Lipinski definition) is 2. The van der Waals surface area contributed by atoms with E-state index in [1.165, 1.54) is 0 Å². The molecule has 15 heavy (non-hydrogen) atoms. The molecule has 1 rings (SSSR count). The van der Waals surface area contributed by atoms with Gasteiger partial charge in [0.15, 0.2) is 0 Å². The number of amides is 2. The largest absolute Gasteiger partial charge is 0.368 e. The minimum atomic E-state index is -0.466. The van der Waals surface area contributed by atoms with Gasteiger partial charge in [-0.2, -0.15) is 0 Å². The first kappa shape index (κ1) is 12.0. The van der Waals surface area contributed by atoms with Crippen molar-refractivity contribution < 1.29 is 9.59 Å². The molecule has 1 fully saturated rings. The highest BCUT2D eigenvalue weighted by molar-refractivity contribution is 5.84. The first-order valence-corrected chi connectivity index (χ1v) is 5.36. The third kappa shape index (κ3) is 3.20. The molecule has 86 valence electrons. The molecule has 1 aliphatic rings. The highest BCUT2D eigenvalue weighted by Crippen LogP contribution is 2.09. The minimum absolute atomic E-state index is 0.0561. The zero-order chi connectivity index (χ0) is 11.4. The van der Waals surface area contributed by atoms with Crippen LogP contribution >= 0.6 is 0 Å². The van der Waals surface area contributed by atoms with Crippen LogP contribution in [0.5, 0.6) is 0 Å². The molecule has 0 bridgehead atoms. The van der Waals surface area contributed by atoms with Gasteiger partial charge in [0.1, 0.15) is 0 Å². The summed E-state index contributed by atoms with van der Waals surface area (Å²) < 4.78 is 0. The molecule has 3 N–H and O–H groups in total. The molecule has 0 aromatic heterocycles. The SMILES string of the molecule is CC(NC(C)C(=O)N1CCCC1)C(N)=O. The molecule has 0 aliphatic carbocycles. The van der Waals surface area contributed by atoms with E-state index in [0.29, 0.717) is 0 Å². The maximum Gasteiger partial charge on any atom is 0.239 e. The van der Waals surface area contributed by atoms with Gasteiger partial charge in [-0.05, 0) is 26.7 Å². The number of nitrogens with zero attached hydrogens (tertiary/aromatic N) is 1. The summed E-state index contributed by atoms with van der Waals surface area (Å²) in [6.07, 6.45) is 2.15. The summed E-state index contributed by atoms with van der Waals surface area (Å²) in [5.74, 6) is -0.378. The van der Waals surface area contributed by atoms with E-state index in [-0.39, 0.29) is 11.9 Å². The Morgan fingerprint density at radius 1 is 1.20 bits per heavy atom. The third-order valence-corrected chi connectivity index (χ3v) is 2.71. The molecule has 0 aromatic rings. The van der Waals surface area contributed by atoms with E-state index in [2.05, 4.69) is 5.32 Å². The number of hydrogen-bond acceptors (Lipinski definition) is 3. The van der Waals surface area contributed by atoms with E-state index in [4.69, 9.17) is 5.73 Å². The summed E-state index contributed by atoms with van der Waals surface area (Å²) in [7, 11) is 0. The van der Waals surface area contributed by atoms with Crippen LogP contribution in [-0.4, -0.2) is 41.9 Å². The van der Waals surface area contributed by atoms with Crippen LogP contribution in [0, 0.1) is 0 Å². The number of likely N-dealkylation sites (tertiary alicyclic amines) is 1. The van der Waals surface area contributed by atoms with Crippen molar-refractivity contribution in [3.8, 4) is 0 Å². The highest BCUT2D eigenvalue weighted by Gasteiger charge is 2.24. The second-order valence-electron chi connectivity index (χ2n) is 4.04. The fourth-order valence-corrected chi connectivity index (χ4v) is 1.74. The van der Waals surface area contributed by atoms with Crippen LogP contribution in [0.4, 0.5) is 0 Å². The lowest BCUT2D eigenvalue weighted by Crippen LogP contribution is -2.50. The maximum absolute atomic E-state index is 11.8. The molecule has 5 heteroatoms. The lowest BCUT2D eigenvalue weighted by molar-refractivity contribution is -0.132. The second-order valence-corrected chi connectivity index (χ2v) is 4.04. The Balaban J connectivity index is 2.41. The third-order valence-electron chi connectivity index (χ3n) is 2.71. The van der Waals surface area contributed by atoms with Crippen molar-refractivity contribution in [2.24, 2.45) is 5.73 Å². The fraction of sp³-hybridized carbons (Fsp3) is 0.800. The summed E-state index contributed by atoms with van der Waals surface area (Å²) >= 11 is 0. The Morgan fingerprint density at radius 2 is 1.73 bits per heavy atom. The molecule has 0 radical (unpaired) electrons. The molecule has 5 nitrogen and oxygen atoms in total. The molecule has 1 aliphatic heterocycles. The van der Waals surface area contributed by atoms with Crippen LogP contribution in [0.1, 0.15) is 26.7 Å². The van der Waals surface area contributed by atoms with Gasteiger partial charge in [-0.3, -0.25) is 14.9 Å². The van der Waals surface area contributed by atoms with Crippen LogP contribution in [0.2, 0.25) is 0 Å². The monoisotopic (exact) mass is 213 g/mol. The number of nitrogens with two attached hydrogens (primary N) is 1. The van der Waals surface area contributed by atoms with Crippen LogP contribution < -0.4 is 11.1 Å². The number of carbonyl (C=O) groups is 2. The molecule has 0 aromatic carbocycles. The van der Waals surface area contributed by atoms with E-state index in [0.717, 1.165) is 25.9 Å². The maximum atomic E-state index is 11.8. The number of rotatable bonds is 4. The van der Waals surface area contributed by atoms with Gasteiger partial charge < -0.3 is 10.6 Å². The first-order valence-electron chi connectivity index (χ1n) is 5.36. The molecule has 2 atom stereocenters. The average molecular weight is 213 g/mol. The second kappa shape index (κ2) is 5.11. The van der Waals surface area contributed by atoms with Gasteiger partial charge in [-0.25, -0.2) is 0 Å². The average Bonchev–Trinajstić information content (AvgIpc) is 2.68. The van der Waals surface area contributed by atoms with E-state index >= 15 is 0 Å². The van der Waals surface area contributed by atoms with Crippen molar-refractivity contribution in [3.05, 3.63) is 0 Å². The van der Waals surface area contributed by atoms with Gasteiger partial charge in [0.25, 0.3) is 0 Å². The number of nitrogens with one attached hydrogen (secondary N) is 1. The lowest BCUT2D eigenvalue weighted by atomic mass is 10.2. The summed E-state index contributed by atoms with van der Waals surface area (Å²) in [4.78, 5) is 24.5. The Hall–Kier alpha value is -1.10. The first-order chi connectivity index (χ1) is 7.02. The summed E-state index contributed by atoms with van der Waals surface area (Å²) in [5, 5.41) is 2.89. The van der Waals surface area contributed by atoms with E-state index in [1.807, 2.05) is 4.90 Å². The Kier molecular flexibility index (Phi) is 4.08. The topological polar surface area (TPSA) is 75.4 Å². The van der Waals surface area contributed by atoms with Crippen LogP contribution in [-0.2, 0) is 9.59 Å². The molecule has 0 spiro atoms.